The number of hydrogen-bond acceptors (Lipinski definition) is 2. The van der Waals surface area contributed by atoms with Gasteiger partial charge in [-0.2, -0.15) is 0 Å². The van der Waals surface area contributed by atoms with Crippen LogP contribution in [0.5, 0.6) is 0 Å². The first-order chi connectivity index (χ1) is 10.2. The molecule has 1 saturated heterocycles. The molecular weight excluding hydrogens is 258 g/mol. The molecule has 118 valence electrons. The summed E-state index contributed by atoms with van der Waals surface area (Å²) in [5.74, 6) is 0. The fourth-order valence-electron chi connectivity index (χ4n) is 3.26. The monoisotopic (exact) mass is 289 g/mol. The van der Waals surface area contributed by atoms with Crippen LogP contribution in [0.2, 0.25) is 0 Å². The lowest BCUT2D eigenvalue weighted by Gasteiger charge is -2.34. The minimum Gasteiger partial charge on any atom is -0.373 e. The maximum absolute atomic E-state index is 6.09. The quantitative estimate of drug-likeness (QED) is 0.753. The van der Waals surface area contributed by atoms with Crippen molar-refractivity contribution in [1.82, 2.24) is 5.32 Å². The van der Waals surface area contributed by atoms with E-state index >= 15 is 0 Å². The Hall–Kier alpha value is -0.860. The number of rotatable bonds is 8. The van der Waals surface area contributed by atoms with Gasteiger partial charge in [-0.1, -0.05) is 44.5 Å². The van der Waals surface area contributed by atoms with Crippen LogP contribution in [-0.4, -0.2) is 18.8 Å². The lowest BCUT2D eigenvalue weighted by molar-refractivity contribution is -0.0124. The summed E-state index contributed by atoms with van der Waals surface area (Å²) >= 11 is 0. The minimum atomic E-state index is -0.0555. The molecular formula is C19H31NO. The van der Waals surface area contributed by atoms with E-state index < -0.39 is 0 Å². The van der Waals surface area contributed by atoms with E-state index in [-0.39, 0.29) is 5.60 Å². The molecule has 1 aliphatic rings. The number of hydrogen-bond donors (Lipinski definition) is 1. The molecule has 2 heteroatoms. The molecule has 21 heavy (non-hydrogen) atoms. The van der Waals surface area contributed by atoms with Crippen molar-refractivity contribution >= 4 is 0 Å². The third-order valence-corrected chi connectivity index (χ3v) is 4.59. The molecule has 1 aromatic rings. The molecule has 0 radical (unpaired) electrons. The summed E-state index contributed by atoms with van der Waals surface area (Å²) in [6, 6.07) is 9.49. The summed E-state index contributed by atoms with van der Waals surface area (Å²) in [4.78, 5) is 0. The van der Waals surface area contributed by atoms with Gasteiger partial charge in [0.25, 0.3) is 0 Å². The summed E-state index contributed by atoms with van der Waals surface area (Å²) in [6.45, 7) is 8.67. The molecule has 2 unspecified atom stereocenters. The van der Waals surface area contributed by atoms with Crippen molar-refractivity contribution in [1.29, 1.82) is 0 Å². The van der Waals surface area contributed by atoms with Gasteiger partial charge in [-0.3, -0.25) is 0 Å². The van der Waals surface area contributed by atoms with Crippen molar-refractivity contribution in [2.75, 3.05) is 13.2 Å². The van der Waals surface area contributed by atoms with E-state index in [1.54, 1.807) is 0 Å². The predicted octanol–water partition coefficient (Wildman–Crippen LogP) is 4.64. The van der Waals surface area contributed by atoms with Gasteiger partial charge in [-0.25, -0.2) is 0 Å². The first-order valence-electron chi connectivity index (χ1n) is 8.66. The van der Waals surface area contributed by atoms with Crippen LogP contribution in [0.1, 0.15) is 70.0 Å². The third-order valence-electron chi connectivity index (χ3n) is 4.59. The number of ether oxygens (including phenoxy) is 1. The zero-order chi connectivity index (χ0) is 15.1. The second kappa shape index (κ2) is 7.95. The summed E-state index contributed by atoms with van der Waals surface area (Å²) < 4.78 is 6.09. The first kappa shape index (κ1) is 16.5. The van der Waals surface area contributed by atoms with Gasteiger partial charge in [0.1, 0.15) is 0 Å². The fourth-order valence-corrected chi connectivity index (χ4v) is 3.26. The van der Waals surface area contributed by atoms with Crippen molar-refractivity contribution in [3.05, 3.63) is 35.4 Å². The minimum absolute atomic E-state index is 0.0555. The van der Waals surface area contributed by atoms with Gasteiger partial charge in [-0.15, -0.1) is 0 Å². The molecule has 1 aromatic carbocycles. The molecule has 1 fully saturated rings. The summed E-state index contributed by atoms with van der Waals surface area (Å²) in [6.07, 6.45) is 7.20. The zero-order valence-electron chi connectivity index (χ0n) is 14.0. The normalized spacial score (nSPS) is 23.4. The van der Waals surface area contributed by atoms with Crippen molar-refractivity contribution in [3.8, 4) is 0 Å². The second-order valence-corrected chi connectivity index (χ2v) is 6.50. The van der Waals surface area contributed by atoms with Gasteiger partial charge < -0.3 is 10.1 Å². The molecule has 1 heterocycles. The Morgan fingerprint density at radius 2 is 1.95 bits per heavy atom. The van der Waals surface area contributed by atoms with Crippen LogP contribution in [0, 0.1) is 0 Å². The van der Waals surface area contributed by atoms with E-state index in [1.807, 2.05) is 0 Å². The van der Waals surface area contributed by atoms with Crippen LogP contribution >= 0.6 is 0 Å². The number of nitrogens with one attached hydrogen (secondary N) is 1. The van der Waals surface area contributed by atoms with Gasteiger partial charge in [-0.05, 0) is 56.7 Å². The predicted molar refractivity (Wildman–Crippen MR) is 89.7 cm³/mol. The third kappa shape index (κ3) is 4.31. The SMILES string of the molecule is CCCCc1ccc(C(NCCC)C2(C)CCCO2)cc1. The molecule has 0 bridgehead atoms. The van der Waals surface area contributed by atoms with E-state index in [1.165, 1.54) is 36.8 Å². The Morgan fingerprint density at radius 1 is 1.19 bits per heavy atom. The van der Waals surface area contributed by atoms with E-state index in [0.717, 1.165) is 26.0 Å². The molecule has 2 atom stereocenters. The molecule has 0 spiro atoms. The molecule has 2 rings (SSSR count). The summed E-state index contributed by atoms with van der Waals surface area (Å²) in [5.41, 5.74) is 2.76. The van der Waals surface area contributed by atoms with Crippen LogP contribution in [0.25, 0.3) is 0 Å². The molecule has 0 amide bonds. The molecule has 1 aliphatic heterocycles. The molecule has 1 N–H and O–H groups in total. The second-order valence-electron chi connectivity index (χ2n) is 6.50. The highest BCUT2D eigenvalue weighted by atomic mass is 16.5. The van der Waals surface area contributed by atoms with Gasteiger partial charge in [0.2, 0.25) is 0 Å². The van der Waals surface area contributed by atoms with E-state index in [9.17, 15) is 0 Å². The van der Waals surface area contributed by atoms with Crippen LogP contribution in [-0.2, 0) is 11.2 Å². The van der Waals surface area contributed by atoms with Crippen LogP contribution in [0.3, 0.4) is 0 Å². The molecule has 0 aliphatic carbocycles. The Kier molecular flexibility index (Phi) is 6.25. The first-order valence-corrected chi connectivity index (χ1v) is 8.66. The highest BCUT2D eigenvalue weighted by molar-refractivity contribution is 5.27. The van der Waals surface area contributed by atoms with Gasteiger partial charge in [0, 0.05) is 6.61 Å². The van der Waals surface area contributed by atoms with Crippen LogP contribution in [0.15, 0.2) is 24.3 Å². The Bertz CT molecular complexity index is 406. The van der Waals surface area contributed by atoms with E-state index in [2.05, 4.69) is 50.4 Å². The smallest absolute Gasteiger partial charge is 0.0849 e. The topological polar surface area (TPSA) is 21.3 Å². The average Bonchev–Trinajstić information content (AvgIpc) is 2.94. The maximum Gasteiger partial charge on any atom is 0.0849 e. The Morgan fingerprint density at radius 3 is 2.52 bits per heavy atom. The standard InChI is InChI=1S/C19H31NO/c1-4-6-8-16-9-11-17(12-10-16)18(20-14-5-2)19(3)13-7-15-21-19/h9-12,18,20H,4-8,13-15H2,1-3H3. The van der Waals surface area contributed by atoms with Crippen molar-refractivity contribution in [2.24, 2.45) is 0 Å². The van der Waals surface area contributed by atoms with Gasteiger partial charge in [0.15, 0.2) is 0 Å². The molecule has 0 saturated carbocycles. The lowest BCUT2D eigenvalue weighted by atomic mass is 9.87. The zero-order valence-corrected chi connectivity index (χ0v) is 14.0. The summed E-state index contributed by atoms with van der Waals surface area (Å²) in [5, 5.41) is 3.71. The van der Waals surface area contributed by atoms with Crippen molar-refractivity contribution in [3.63, 3.8) is 0 Å². The average molecular weight is 289 g/mol. The molecule has 0 aromatic heterocycles. The molecule has 2 nitrogen and oxygen atoms in total. The fraction of sp³-hybridized carbons (Fsp3) is 0.684. The summed E-state index contributed by atoms with van der Waals surface area (Å²) in [7, 11) is 0. The van der Waals surface area contributed by atoms with Crippen LogP contribution < -0.4 is 5.32 Å². The Balaban J connectivity index is 2.12. The number of benzene rings is 1. The van der Waals surface area contributed by atoms with Crippen molar-refractivity contribution < 1.29 is 4.74 Å². The van der Waals surface area contributed by atoms with Crippen molar-refractivity contribution in [2.45, 2.75) is 70.9 Å². The van der Waals surface area contributed by atoms with Gasteiger partial charge >= 0.3 is 0 Å². The largest absolute Gasteiger partial charge is 0.373 e. The Labute approximate surface area is 130 Å². The van der Waals surface area contributed by atoms with Gasteiger partial charge in [0.05, 0.1) is 11.6 Å². The maximum atomic E-state index is 6.09. The lowest BCUT2D eigenvalue weighted by Crippen LogP contribution is -2.41. The van der Waals surface area contributed by atoms with E-state index in [0.29, 0.717) is 6.04 Å². The highest BCUT2D eigenvalue weighted by Crippen LogP contribution is 2.37. The number of unbranched alkanes of at least 4 members (excludes halogenated alkanes) is 1. The number of aryl methyl sites for hydroxylation is 1. The van der Waals surface area contributed by atoms with E-state index in [4.69, 9.17) is 4.74 Å². The van der Waals surface area contributed by atoms with Crippen LogP contribution in [0.4, 0.5) is 0 Å². The highest BCUT2D eigenvalue weighted by Gasteiger charge is 2.38.